The lowest BCUT2D eigenvalue weighted by Gasteiger charge is -2.33. The average Bonchev–Trinajstić information content (AvgIpc) is 2.96. The van der Waals surface area contributed by atoms with Crippen LogP contribution in [0.2, 0.25) is 0 Å². The summed E-state index contributed by atoms with van der Waals surface area (Å²) in [6, 6.07) is 6.16. The maximum absolute atomic E-state index is 12.7. The molecule has 1 amide bonds. The Labute approximate surface area is 138 Å². The summed E-state index contributed by atoms with van der Waals surface area (Å²) in [6.45, 7) is 5.81. The number of hydrogen-bond donors (Lipinski definition) is 1. The van der Waals surface area contributed by atoms with Gasteiger partial charge < -0.3 is 10.2 Å². The number of amides is 1. The molecule has 1 aromatic heterocycles. The Morgan fingerprint density at radius 2 is 2.25 bits per heavy atom. The number of rotatable bonds is 3. The van der Waals surface area contributed by atoms with Gasteiger partial charge in [-0.25, -0.2) is 4.68 Å². The zero-order valence-corrected chi connectivity index (χ0v) is 13.5. The van der Waals surface area contributed by atoms with E-state index in [1.54, 1.807) is 24.0 Å². The molecule has 1 saturated heterocycles. The summed E-state index contributed by atoms with van der Waals surface area (Å²) in [6.07, 6.45) is 0. The molecular weight excluding hydrogens is 312 g/mol. The van der Waals surface area contributed by atoms with Crippen LogP contribution in [0.5, 0.6) is 0 Å². The zero-order valence-electron chi connectivity index (χ0n) is 13.5. The highest BCUT2D eigenvalue weighted by atomic mass is 16.6. The molecule has 9 heteroatoms. The summed E-state index contributed by atoms with van der Waals surface area (Å²) in [5.41, 5.74) is 1.30. The average molecular weight is 330 g/mol. The topological polar surface area (TPSA) is 106 Å². The number of piperazine rings is 1. The molecule has 1 aromatic carbocycles. The van der Waals surface area contributed by atoms with E-state index < -0.39 is 4.92 Å². The van der Waals surface area contributed by atoms with Gasteiger partial charge in [0.15, 0.2) is 5.69 Å². The first-order valence-electron chi connectivity index (χ1n) is 7.68. The largest absolute Gasteiger partial charge is 0.332 e. The lowest BCUT2D eigenvalue weighted by molar-refractivity contribution is -0.384. The van der Waals surface area contributed by atoms with E-state index in [0.29, 0.717) is 17.9 Å². The van der Waals surface area contributed by atoms with Crippen LogP contribution in [0, 0.1) is 17.0 Å². The molecule has 126 valence electrons. The minimum absolute atomic E-state index is 0.0361. The molecule has 0 spiro atoms. The number of nitrogens with zero attached hydrogens (tertiary/aromatic N) is 5. The Morgan fingerprint density at radius 3 is 2.96 bits per heavy atom. The Balaban J connectivity index is 1.92. The number of aromatic nitrogens is 3. The Kier molecular flexibility index (Phi) is 4.26. The molecule has 0 saturated carbocycles. The van der Waals surface area contributed by atoms with Gasteiger partial charge in [-0.3, -0.25) is 14.9 Å². The van der Waals surface area contributed by atoms with E-state index in [2.05, 4.69) is 15.6 Å². The van der Waals surface area contributed by atoms with Gasteiger partial charge in [-0.2, -0.15) is 0 Å². The first-order valence-corrected chi connectivity index (χ1v) is 7.68. The van der Waals surface area contributed by atoms with Crippen molar-refractivity contribution in [2.75, 3.05) is 19.6 Å². The van der Waals surface area contributed by atoms with Crippen LogP contribution in [0.3, 0.4) is 0 Å². The molecule has 9 nitrogen and oxygen atoms in total. The van der Waals surface area contributed by atoms with Crippen molar-refractivity contribution in [3.63, 3.8) is 0 Å². The van der Waals surface area contributed by atoms with Gasteiger partial charge in [0, 0.05) is 37.8 Å². The molecule has 0 aliphatic carbocycles. The van der Waals surface area contributed by atoms with E-state index in [0.717, 1.165) is 13.1 Å². The number of nitrogens with one attached hydrogen (secondary N) is 1. The number of benzene rings is 1. The monoisotopic (exact) mass is 330 g/mol. The number of nitro groups is 1. The molecule has 3 rings (SSSR count). The van der Waals surface area contributed by atoms with Gasteiger partial charge in [-0.1, -0.05) is 11.3 Å². The number of hydrogen-bond acceptors (Lipinski definition) is 6. The molecule has 0 bridgehead atoms. The highest BCUT2D eigenvalue weighted by Gasteiger charge is 2.28. The van der Waals surface area contributed by atoms with E-state index in [-0.39, 0.29) is 23.3 Å². The van der Waals surface area contributed by atoms with Gasteiger partial charge in [-0.05, 0) is 19.9 Å². The fourth-order valence-electron chi connectivity index (χ4n) is 2.79. The smallest absolute Gasteiger partial charge is 0.276 e. The maximum atomic E-state index is 12.7. The SMILES string of the molecule is Cc1c(C(=O)N2CCNCC2C)nnn1-c1cccc([N+](=O)[O-])c1. The van der Waals surface area contributed by atoms with Crippen molar-refractivity contribution in [1.29, 1.82) is 0 Å². The standard InChI is InChI=1S/C15H18N6O3/c1-10-9-16-6-7-19(10)15(22)14-11(2)20(18-17-14)12-4-3-5-13(8-12)21(23)24/h3-5,8,10,16H,6-7,9H2,1-2H3. The summed E-state index contributed by atoms with van der Waals surface area (Å²) >= 11 is 0. The van der Waals surface area contributed by atoms with Crippen molar-refractivity contribution in [3.8, 4) is 5.69 Å². The summed E-state index contributed by atoms with van der Waals surface area (Å²) in [5, 5.41) is 22.2. The molecular formula is C15H18N6O3. The summed E-state index contributed by atoms with van der Waals surface area (Å²) in [5.74, 6) is -0.168. The van der Waals surface area contributed by atoms with E-state index >= 15 is 0 Å². The van der Waals surface area contributed by atoms with Crippen molar-refractivity contribution in [2.45, 2.75) is 19.9 Å². The summed E-state index contributed by atoms with van der Waals surface area (Å²) in [4.78, 5) is 24.9. The molecule has 24 heavy (non-hydrogen) atoms. The van der Waals surface area contributed by atoms with Crippen LogP contribution >= 0.6 is 0 Å². The fraction of sp³-hybridized carbons (Fsp3) is 0.400. The van der Waals surface area contributed by atoms with Crippen molar-refractivity contribution < 1.29 is 9.72 Å². The quantitative estimate of drug-likeness (QED) is 0.662. The molecule has 1 aliphatic rings. The van der Waals surface area contributed by atoms with Gasteiger partial charge in [0.1, 0.15) is 0 Å². The Morgan fingerprint density at radius 1 is 1.46 bits per heavy atom. The van der Waals surface area contributed by atoms with Crippen LogP contribution in [-0.2, 0) is 0 Å². The lowest BCUT2D eigenvalue weighted by Crippen LogP contribution is -2.52. The molecule has 2 aromatic rings. The predicted octanol–water partition coefficient (Wildman–Crippen LogP) is 0.918. The molecule has 1 fully saturated rings. The van der Waals surface area contributed by atoms with Gasteiger partial charge in [-0.15, -0.1) is 5.10 Å². The van der Waals surface area contributed by atoms with Gasteiger partial charge in [0.05, 0.1) is 16.3 Å². The van der Waals surface area contributed by atoms with Gasteiger partial charge >= 0.3 is 0 Å². The van der Waals surface area contributed by atoms with Gasteiger partial charge in [0.25, 0.3) is 11.6 Å². The number of carbonyl (C=O) groups is 1. The summed E-state index contributed by atoms with van der Waals surface area (Å²) < 4.78 is 1.45. The normalized spacial score (nSPS) is 17.8. The Bertz CT molecular complexity index is 787. The van der Waals surface area contributed by atoms with Crippen LogP contribution in [0.1, 0.15) is 23.1 Å². The van der Waals surface area contributed by atoms with Crippen LogP contribution in [0.4, 0.5) is 5.69 Å². The third-order valence-electron chi connectivity index (χ3n) is 4.14. The third-order valence-corrected chi connectivity index (χ3v) is 4.14. The first kappa shape index (κ1) is 16.1. The molecule has 1 unspecified atom stereocenters. The minimum atomic E-state index is -0.468. The highest BCUT2D eigenvalue weighted by molar-refractivity contribution is 5.93. The van der Waals surface area contributed by atoms with E-state index in [4.69, 9.17) is 0 Å². The summed E-state index contributed by atoms with van der Waals surface area (Å²) in [7, 11) is 0. The molecule has 1 aliphatic heterocycles. The second-order valence-electron chi connectivity index (χ2n) is 5.76. The minimum Gasteiger partial charge on any atom is -0.332 e. The zero-order chi connectivity index (χ0) is 17.3. The Hall–Kier alpha value is -2.81. The second-order valence-corrected chi connectivity index (χ2v) is 5.76. The number of carbonyl (C=O) groups excluding carboxylic acids is 1. The van der Waals surface area contributed by atoms with Crippen molar-refractivity contribution in [1.82, 2.24) is 25.2 Å². The van der Waals surface area contributed by atoms with Crippen molar-refractivity contribution in [2.24, 2.45) is 0 Å². The highest BCUT2D eigenvalue weighted by Crippen LogP contribution is 2.19. The molecule has 2 heterocycles. The van der Waals surface area contributed by atoms with E-state index in [1.165, 1.54) is 16.8 Å². The van der Waals surface area contributed by atoms with Crippen LogP contribution in [-0.4, -0.2) is 56.4 Å². The number of nitro benzene ring substituents is 1. The van der Waals surface area contributed by atoms with E-state index in [9.17, 15) is 14.9 Å². The van der Waals surface area contributed by atoms with E-state index in [1.807, 2.05) is 6.92 Å². The van der Waals surface area contributed by atoms with Crippen LogP contribution in [0.25, 0.3) is 5.69 Å². The molecule has 1 N–H and O–H groups in total. The second kappa shape index (κ2) is 6.36. The van der Waals surface area contributed by atoms with Crippen LogP contribution in [0.15, 0.2) is 24.3 Å². The fourth-order valence-corrected chi connectivity index (χ4v) is 2.79. The molecule has 0 radical (unpaired) electrons. The molecule has 1 atom stereocenters. The van der Waals surface area contributed by atoms with Gasteiger partial charge in [0.2, 0.25) is 0 Å². The maximum Gasteiger partial charge on any atom is 0.276 e. The van der Waals surface area contributed by atoms with Crippen molar-refractivity contribution in [3.05, 3.63) is 45.8 Å². The third kappa shape index (κ3) is 2.85. The van der Waals surface area contributed by atoms with Crippen LogP contribution < -0.4 is 5.32 Å². The number of non-ortho nitro benzene ring substituents is 1. The predicted molar refractivity (Wildman–Crippen MR) is 86.1 cm³/mol. The lowest BCUT2D eigenvalue weighted by atomic mass is 10.2. The first-order chi connectivity index (χ1) is 11.5. The van der Waals surface area contributed by atoms with Crippen molar-refractivity contribution >= 4 is 11.6 Å².